The molecule has 1 aliphatic heterocycles. The van der Waals surface area contributed by atoms with Crippen LogP contribution in [0.4, 0.5) is 0 Å². The molecule has 1 nitrogen and oxygen atoms in total. The smallest absolute Gasteiger partial charge is 0.0125 e. The molecule has 0 spiro atoms. The maximum atomic E-state index is 2.65. The number of rotatable bonds is 0. The first-order valence-corrected chi connectivity index (χ1v) is 6.46. The lowest BCUT2D eigenvalue weighted by atomic mass is 9.77. The van der Waals surface area contributed by atoms with E-state index in [0.29, 0.717) is 11.0 Å². The van der Waals surface area contributed by atoms with E-state index in [1.54, 1.807) is 0 Å². The molecule has 1 rings (SSSR count). The fourth-order valence-corrected chi connectivity index (χ4v) is 2.63. The van der Waals surface area contributed by atoms with E-state index in [9.17, 15) is 0 Å². The molecule has 1 saturated heterocycles. The van der Waals surface area contributed by atoms with E-state index in [0.717, 1.165) is 5.92 Å². The van der Waals surface area contributed by atoms with Crippen molar-refractivity contribution in [3.8, 4) is 0 Å². The summed E-state index contributed by atoms with van der Waals surface area (Å²) in [7, 11) is 0. The Morgan fingerprint density at radius 2 is 1.47 bits per heavy atom. The van der Waals surface area contributed by atoms with Gasteiger partial charge < -0.3 is 0 Å². The van der Waals surface area contributed by atoms with E-state index in [4.69, 9.17) is 0 Å². The van der Waals surface area contributed by atoms with Gasteiger partial charge in [0.25, 0.3) is 0 Å². The second-order valence-electron chi connectivity index (χ2n) is 7.15. The third-order valence-electron chi connectivity index (χ3n) is 3.90. The number of nitrogens with zero attached hydrogens (tertiary/aromatic N) is 1. The molecule has 0 amide bonds. The standard InChI is InChI=1S/C14H29N/c1-13(2,3)12-8-7-10-15(11-9-12)14(4,5)6/h12H,7-11H2,1-6H3. The molecule has 0 N–H and O–H groups in total. The van der Waals surface area contributed by atoms with E-state index < -0.39 is 0 Å². The molecule has 1 atom stereocenters. The Morgan fingerprint density at radius 1 is 0.867 bits per heavy atom. The Morgan fingerprint density at radius 3 is 1.93 bits per heavy atom. The van der Waals surface area contributed by atoms with Crippen molar-refractivity contribution in [3.63, 3.8) is 0 Å². The Kier molecular flexibility index (Phi) is 3.86. The van der Waals surface area contributed by atoms with Gasteiger partial charge in [-0.1, -0.05) is 20.8 Å². The van der Waals surface area contributed by atoms with Gasteiger partial charge in [-0.3, -0.25) is 4.90 Å². The van der Waals surface area contributed by atoms with Gasteiger partial charge >= 0.3 is 0 Å². The van der Waals surface area contributed by atoms with Crippen LogP contribution in [0, 0.1) is 11.3 Å². The number of hydrogen-bond acceptors (Lipinski definition) is 1. The van der Waals surface area contributed by atoms with Crippen molar-refractivity contribution in [1.29, 1.82) is 0 Å². The van der Waals surface area contributed by atoms with Crippen molar-refractivity contribution in [2.45, 2.75) is 66.3 Å². The molecular weight excluding hydrogens is 182 g/mol. The van der Waals surface area contributed by atoms with Gasteiger partial charge in [0.2, 0.25) is 0 Å². The summed E-state index contributed by atoms with van der Waals surface area (Å²) < 4.78 is 0. The van der Waals surface area contributed by atoms with E-state index in [2.05, 4.69) is 46.4 Å². The second-order valence-corrected chi connectivity index (χ2v) is 7.15. The Bertz CT molecular complexity index is 172. The lowest BCUT2D eigenvalue weighted by Gasteiger charge is -2.35. The third-order valence-corrected chi connectivity index (χ3v) is 3.90. The van der Waals surface area contributed by atoms with Crippen LogP contribution in [0.5, 0.6) is 0 Å². The zero-order chi connectivity index (χ0) is 11.7. The zero-order valence-electron chi connectivity index (χ0n) is 11.6. The van der Waals surface area contributed by atoms with Crippen molar-refractivity contribution in [3.05, 3.63) is 0 Å². The normalized spacial score (nSPS) is 26.4. The highest BCUT2D eigenvalue weighted by Gasteiger charge is 2.30. The van der Waals surface area contributed by atoms with Crippen LogP contribution in [0.3, 0.4) is 0 Å². The predicted molar refractivity (Wildman–Crippen MR) is 68.1 cm³/mol. The largest absolute Gasteiger partial charge is 0.298 e. The molecule has 0 aliphatic carbocycles. The summed E-state index contributed by atoms with van der Waals surface area (Å²) in [4.78, 5) is 2.65. The van der Waals surface area contributed by atoms with Gasteiger partial charge in [-0.2, -0.15) is 0 Å². The van der Waals surface area contributed by atoms with Gasteiger partial charge in [0, 0.05) is 5.54 Å². The Labute approximate surface area is 96.2 Å². The van der Waals surface area contributed by atoms with Crippen LogP contribution in [0.15, 0.2) is 0 Å². The van der Waals surface area contributed by atoms with Crippen LogP contribution in [0.25, 0.3) is 0 Å². The molecule has 0 aromatic rings. The van der Waals surface area contributed by atoms with Crippen molar-refractivity contribution >= 4 is 0 Å². The molecule has 0 bridgehead atoms. The maximum Gasteiger partial charge on any atom is 0.0125 e. The fraction of sp³-hybridized carbons (Fsp3) is 1.00. The second kappa shape index (κ2) is 4.45. The van der Waals surface area contributed by atoms with E-state index >= 15 is 0 Å². The minimum atomic E-state index is 0.354. The van der Waals surface area contributed by atoms with Crippen molar-refractivity contribution in [2.24, 2.45) is 11.3 Å². The minimum absolute atomic E-state index is 0.354. The average Bonchev–Trinajstić information content (AvgIpc) is 2.24. The zero-order valence-corrected chi connectivity index (χ0v) is 11.6. The SMILES string of the molecule is CC(C)(C)C1CCCN(C(C)(C)C)CC1. The van der Waals surface area contributed by atoms with Gasteiger partial charge in [0.15, 0.2) is 0 Å². The highest BCUT2D eigenvalue weighted by Crippen LogP contribution is 2.35. The van der Waals surface area contributed by atoms with E-state index in [1.165, 1.54) is 32.4 Å². The van der Waals surface area contributed by atoms with Gasteiger partial charge in [-0.15, -0.1) is 0 Å². The first-order chi connectivity index (χ1) is 6.71. The molecule has 0 saturated carbocycles. The number of likely N-dealkylation sites (tertiary alicyclic amines) is 1. The fourth-order valence-electron chi connectivity index (χ4n) is 2.63. The van der Waals surface area contributed by atoms with Crippen molar-refractivity contribution in [1.82, 2.24) is 4.90 Å². The van der Waals surface area contributed by atoms with Crippen LogP contribution in [-0.2, 0) is 0 Å². The molecule has 1 heterocycles. The lowest BCUT2D eigenvalue weighted by molar-refractivity contribution is 0.134. The first kappa shape index (κ1) is 13.0. The average molecular weight is 211 g/mol. The van der Waals surface area contributed by atoms with Crippen molar-refractivity contribution < 1.29 is 0 Å². The summed E-state index contributed by atoms with van der Waals surface area (Å²) in [5.41, 5.74) is 0.848. The summed E-state index contributed by atoms with van der Waals surface area (Å²) >= 11 is 0. The van der Waals surface area contributed by atoms with Gasteiger partial charge in [0.05, 0.1) is 0 Å². The van der Waals surface area contributed by atoms with Crippen LogP contribution in [0.1, 0.15) is 60.8 Å². The molecular formula is C14H29N. The highest BCUT2D eigenvalue weighted by molar-refractivity contribution is 4.83. The van der Waals surface area contributed by atoms with Crippen LogP contribution in [-0.4, -0.2) is 23.5 Å². The molecule has 1 aliphatic rings. The topological polar surface area (TPSA) is 3.24 Å². The third kappa shape index (κ3) is 3.79. The summed E-state index contributed by atoms with van der Waals surface area (Å²) in [6, 6.07) is 0. The Balaban J connectivity index is 2.57. The summed E-state index contributed by atoms with van der Waals surface area (Å²) in [6.45, 7) is 16.8. The summed E-state index contributed by atoms with van der Waals surface area (Å²) in [6.07, 6.45) is 4.16. The van der Waals surface area contributed by atoms with Gasteiger partial charge in [-0.05, 0) is 64.5 Å². The molecule has 15 heavy (non-hydrogen) atoms. The van der Waals surface area contributed by atoms with Crippen LogP contribution in [0.2, 0.25) is 0 Å². The highest BCUT2D eigenvalue weighted by atomic mass is 15.2. The Hall–Kier alpha value is -0.0400. The van der Waals surface area contributed by atoms with Gasteiger partial charge in [-0.25, -0.2) is 0 Å². The quantitative estimate of drug-likeness (QED) is 0.587. The van der Waals surface area contributed by atoms with E-state index in [-0.39, 0.29) is 0 Å². The van der Waals surface area contributed by atoms with Crippen molar-refractivity contribution in [2.75, 3.05) is 13.1 Å². The predicted octanol–water partition coefficient (Wildman–Crippen LogP) is 3.93. The summed E-state index contributed by atoms with van der Waals surface area (Å²) in [5, 5.41) is 0. The van der Waals surface area contributed by atoms with Gasteiger partial charge in [0.1, 0.15) is 0 Å². The molecule has 1 fully saturated rings. The molecule has 90 valence electrons. The molecule has 1 unspecified atom stereocenters. The first-order valence-electron chi connectivity index (χ1n) is 6.46. The molecule has 0 aromatic heterocycles. The number of hydrogen-bond donors (Lipinski definition) is 0. The monoisotopic (exact) mass is 211 g/mol. The van der Waals surface area contributed by atoms with E-state index in [1.807, 2.05) is 0 Å². The molecule has 0 radical (unpaired) electrons. The van der Waals surface area contributed by atoms with Crippen LogP contribution < -0.4 is 0 Å². The summed E-state index contributed by atoms with van der Waals surface area (Å²) in [5.74, 6) is 0.907. The lowest BCUT2D eigenvalue weighted by Crippen LogP contribution is -2.42. The maximum absolute atomic E-state index is 2.65. The molecule has 1 heteroatoms. The van der Waals surface area contributed by atoms with Crippen LogP contribution >= 0.6 is 0 Å². The molecule has 0 aromatic carbocycles. The minimum Gasteiger partial charge on any atom is -0.298 e.